The molecule has 0 bridgehead atoms. The number of H-pyrrole nitrogens is 1. The molecule has 2 aromatic heterocycles. The van der Waals surface area contributed by atoms with Gasteiger partial charge in [-0.05, 0) is 18.9 Å². The van der Waals surface area contributed by atoms with E-state index in [9.17, 15) is 0 Å². The normalized spacial score (nSPS) is 19.5. The van der Waals surface area contributed by atoms with Crippen molar-refractivity contribution in [3.63, 3.8) is 0 Å². The Bertz CT molecular complexity index is 799. The molecule has 6 nitrogen and oxygen atoms in total. The number of rotatable bonds is 3. The van der Waals surface area contributed by atoms with Crippen molar-refractivity contribution in [2.45, 2.75) is 25.9 Å². The number of nitrogens with one attached hydrogen (secondary N) is 1. The number of fused-ring (bicyclic) bond motifs is 1. The Morgan fingerprint density at radius 3 is 2.83 bits per heavy atom. The summed E-state index contributed by atoms with van der Waals surface area (Å²) in [4.78, 5) is 21.0. The molecule has 1 saturated heterocycles. The summed E-state index contributed by atoms with van der Waals surface area (Å²) in [6.07, 6.45) is 4.41. The zero-order valence-electron chi connectivity index (χ0n) is 13.9. The Hall–Kier alpha value is -2.47. The zero-order valence-corrected chi connectivity index (χ0v) is 13.9. The molecule has 0 spiro atoms. The van der Waals surface area contributed by atoms with Crippen molar-refractivity contribution in [3.05, 3.63) is 48.5 Å². The molecule has 4 rings (SSSR count). The number of imidazole rings is 1. The zero-order chi connectivity index (χ0) is 16.4. The van der Waals surface area contributed by atoms with Gasteiger partial charge in [-0.25, -0.2) is 15.0 Å². The van der Waals surface area contributed by atoms with E-state index >= 15 is 0 Å². The van der Waals surface area contributed by atoms with E-state index in [2.05, 4.69) is 67.0 Å². The SMILES string of the molecule is CC1CCN(c2ncnc3nc[nH]c23)CCN1Cc1ccccc1. The average Bonchev–Trinajstić information content (AvgIpc) is 3.03. The summed E-state index contributed by atoms with van der Waals surface area (Å²) >= 11 is 0. The number of aromatic nitrogens is 4. The molecule has 3 aromatic rings. The topological polar surface area (TPSA) is 60.9 Å². The summed E-state index contributed by atoms with van der Waals surface area (Å²) in [7, 11) is 0. The Balaban J connectivity index is 1.52. The molecule has 0 amide bonds. The number of benzene rings is 1. The van der Waals surface area contributed by atoms with Crippen molar-refractivity contribution in [1.82, 2.24) is 24.8 Å². The van der Waals surface area contributed by atoms with Gasteiger partial charge in [0.2, 0.25) is 0 Å². The molecule has 0 radical (unpaired) electrons. The van der Waals surface area contributed by atoms with Gasteiger partial charge >= 0.3 is 0 Å². The van der Waals surface area contributed by atoms with Crippen LogP contribution in [-0.2, 0) is 6.54 Å². The second-order valence-corrected chi connectivity index (χ2v) is 6.38. The molecule has 1 unspecified atom stereocenters. The van der Waals surface area contributed by atoms with Crippen LogP contribution in [0.5, 0.6) is 0 Å². The molecule has 1 aromatic carbocycles. The van der Waals surface area contributed by atoms with Gasteiger partial charge in [0.25, 0.3) is 0 Å². The van der Waals surface area contributed by atoms with Crippen LogP contribution < -0.4 is 4.90 Å². The molecule has 1 fully saturated rings. The molecule has 1 aliphatic heterocycles. The number of anilines is 1. The third kappa shape index (κ3) is 2.97. The number of hydrogen-bond donors (Lipinski definition) is 1. The number of nitrogens with zero attached hydrogens (tertiary/aromatic N) is 5. The van der Waals surface area contributed by atoms with Crippen LogP contribution in [0.4, 0.5) is 5.82 Å². The molecule has 0 aliphatic carbocycles. The van der Waals surface area contributed by atoms with Crippen LogP contribution in [0.2, 0.25) is 0 Å². The molecular weight excluding hydrogens is 300 g/mol. The van der Waals surface area contributed by atoms with Crippen molar-refractivity contribution in [2.75, 3.05) is 24.5 Å². The van der Waals surface area contributed by atoms with Gasteiger partial charge in [0.15, 0.2) is 11.5 Å². The fraction of sp³-hybridized carbons (Fsp3) is 0.389. The fourth-order valence-corrected chi connectivity index (χ4v) is 3.36. The Kier molecular flexibility index (Phi) is 4.13. The van der Waals surface area contributed by atoms with Crippen molar-refractivity contribution >= 4 is 17.0 Å². The molecule has 1 N–H and O–H groups in total. The third-order valence-corrected chi connectivity index (χ3v) is 4.83. The molecule has 3 heterocycles. The first kappa shape index (κ1) is 15.1. The average molecular weight is 322 g/mol. The summed E-state index contributed by atoms with van der Waals surface area (Å²) < 4.78 is 0. The van der Waals surface area contributed by atoms with E-state index < -0.39 is 0 Å². The summed E-state index contributed by atoms with van der Waals surface area (Å²) in [5.74, 6) is 0.964. The van der Waals surface area contributed by atoms with Gasteiger partial charge in [-0.15, -0.1) is 0 Å². The molecule has 0 saturated carbocycles. The van der Waals surface area contributed by atoms with Gasteiger partial charge in [-0.2, -0.15) is 0 Å². The maximum Gasteiger partial charge on any atom is 0.182 e. The molecule has 124 valence electrons. The Morgan fingerprint density at radius 1 is 1.08 bits per heavy atom. The van der Waals surface area contributed by atoms with E-state index in [1.165, 1.54) is 5.56 Å². The first-order chi connectivity index (χ1) is 11.8. The van der Waals surface area contributed by atoms with Gasteiger partial charge in [0, 0.05) is 32.2 Å². The standard InChI is InChI=1S/C18H22N6/c1-14-7-8-23(18-16-17(20-12-19-16)21-13-22-18)9-10-24(14)11-15-5-3-2-4-6-15/h2-6,12-14H,7-11H2,1H3,(H,19,20,21,22). The van der Waals surface area contributed by atoms with Crippen LogP contribution in [0.15, 0.2) is 43.0 Å². The highest BCUT2D eigenvalue weighted by atomic mass is 15.3. The van der Waals surface area contributed by atoms with Gasteiger partial charge in [0.1, 0.15) is 11.8 Å². The predicted octanol–water partition coefficient (Wildman–Crippen LogP) is 2.45. The molecule has 1 atom stereocenters. The van der Waals surface area contributed by atoms with E-state index in [-0.39, 0.29) is 0 Å². The summed E-state index contributed by atoms with van der Waals surface area (Å²) in [6, 6.07) is 11.2. The Morgan fingerprint density at radius 2 is 1.96 bits per heavy atom. The highest BCUT2D eigenvalue weighted by Gasteiger charge is 2.23. The van der Waals surface area contributed by atoms with Crippen LogP contribution in [-0.4, -0.2) is 50.5 Å². The highest BCUT2D eigenvalue weighted by molar-refractivity contribution is 5.82. The first-order valence-electron chi connectivity index (χ1n) is 8.48. The number of aromatic amines is 1. The lowest BCUT2D eigenvalue weighted by Crippen LogP contribution is -2.34. The number of hydrogen-bond acceptors (Lipinski definition) is 5. The van der Waals surface area contributed by atoms with Crippen molar-refractivity contribution in [3.8, 4) is 0 Å². The highest BCUT2D eigenvalue weighted by Crippen LogP contribution is 2.23. The van der Waals surface area contributed by atoms with Gasteiger partial charge in [-0.3, -0.25) is 4.90 Å². The summed E-state index contributed by atoms with van der Waals surface area (Å²) in [6.45, 7) is 6.30. The van der Waals surface area contributed by atoms with Crippen molar-refractivity contribution in [1.29, 1.82) is 0 Å². The molecule has 24 heavy (non-hydrogen) atoms. The minimum atomic E-state index is 0.550. The summed E-state index contributed by atoms with van der Waals surface area (Å²) in [5.41, 5.74) is 3.04. The van der Waals surface area contributed by atoms with E-state index in [1.807, 2.05) is 0 Å². The molecular formula is C18H22N6. The van der Waals surface area contributed by atoms with Crippen molar-refractivity contribution < 1.29 is 0 Å². The van der Waals surface area contributed by atoms with Gasteiger partial charge < -0.3 is 9.88 Å². The van der Waals surface area contributed by atoms with E-state index in [1.54, 1.807) is 12.7 Å². The minimum absolute atomic E-state index is 0.550. The Labute approximate surface area is 141 Å². The maximum absolute atomic E-state index is 4.50. The molecule has 1 aliphatic rings. The van der Waals surface area contributed by atoms with Crippen LogP contribution in [0.1, 0.15) is 18.9 Å². The quantitative estimate of drug-likeness (QED) is 0.802. The second-order valence-electron chi connectivity index (χ2n) is 6.38. The van der Waals surface area contributed by atoms with Crippen LogP contribution in [0.25, 0.3) is 11.2 Å². The minimum Gasteiger partial charge on any atom is -0.353 e. The fourth-order valence-electron chi connectivity index (χ4n) is 3.36. The van der Waals surface area contributed by atoms with E-state index in [0.717, 1.165) is 49.6 Å². The lowest BCUT2D eigenvalue weighted by atomic mass is 10.1. The van der Waals surface area contributed by atoms with Crippen LogP contribution in [0.3, 0.4) is 0 Å². The second kappa shape index (κ2) is 6.57. The third-order valence-electron chi connectivity index (χ3n) is 4.83. The lowest BCUT2D eigenvalue weighted by Gasteiger charge is -2.26. The van der Waals surface area contributed by atoms with Crippen LogP contribution >= 0.6 is 0 Å². The van der Waals surface area contributed by atoms with Crippen LogP contribution in [0, 0.1) is 0 Å². The van der Waals surface area contributed by atoms with E-state index in [4.69, 9.17) is 0 Å². The van der Waals surface area contributed by atoms with Gasteiger partial charge in [0.05, 0.1) is 6.33 Å². The summed E-state index contributed by atoms with van der Waals surface area (Å²) in [5, 5.41) is 0. The monoisotopic (exact) mass is 322 g/mol. The smallest absolute Gasteiger partial charge is 0.182 e. The largest absolute Gasteiger partial charge is 0.353 e. The first-order valence-corrected chi connectivity index (χ1v) is 8.48. The van der Waals surface area contributed by atoms with Gasteiger partial charge in [-0.1, -0.05) is 30.3 Å². The van der Waals surface area contributed by atoms with Crippen molar-refractivity contribution in [2.24, 2.45) is 0 Å². The van der Waals surface area contributed by atoms with E-state index in [0.29, 0.717) is 6.04 Å². The maximum atomic E-state index is 4.50. The molecule has 6 heteroatoms. The lowest BCUT2D eigenvalue weighted by molar-refractivity contribution is 0.212. The predicted molar refractivity (Wildman–Crippen MR) is 94.8 cm³/mol.